The predicted molar refractivity (Wildman–Crippen MR) is 127 cm³/mol. The first-order chi connectivity index (χ1) is 15.8. The molecule has 0 radical (unpaired) electrons. The van der Waals surface area contributed by atoms with Crippen LogP contribution in [-0.4, -0.2) is 52.0 Å². The first-order valence-corrected chi connectivity index (χ1v) is 12.0. The van der Waals surface area contributed by atoms with Crippen molar-refractivity contribution in [1.29, 1.82) is 0 Å². The van der Waals surface area contributed by atoms with E-state index in [2.05, 4.69) is 47.6 Å². The smallest absolute Gasteiger partial charge is 0.354 e. The monoisotopic (exact) mass is 464 g/mol. The van der Waals surface area contributed by atoms with Crippen LogP contribution < -0.4 is 0 Å². The average Bonchev–Trinajstić information content (AvgIpc) is 3.29. The maximum atomic E-state index is 12.7. The van der Waals surface area contributed by atoms with Crippen LogP contribution in [0.2, 0.25) is 0 Å². The van der Waals surface area contributed by atoms with Crippen LogP contribution in [0.15, 0.2) is 58.6 Å². The predicted octanol–water partition coefficient (Wildman–Crippen LogP) is 3.77. The van der Waals surface area contributed by atoms with Crippen molar-refractivity contribution in [3.63, 3.8) is 0 Å². The van der Waals surface area contributed by atoms with Gasteiger partial charge in [0.25, 0.3) is 0 Å². The Morgan fingerprint density at radius 1 is 1.27 bits per heavy atom. The number of nitrogens with zero attached hydrogens (tertiary/aromatic N) is 2. The minimum Gasteiger partial charge on any atom is -0.464 e. The topological polar surface area (TPSA) is 70.1 Å². The Bertz CT molecular complexity index is 1170. The number of β-lactam (4-membered cyclic amide) rings is 1. The zero-order valence-corrected chi connectivity index (χ0v) is 20.1. The molecule has 0 aliphatic carbocycles. The molecule has 1 amide bonds. The second-order valence-electron chi connectivity index (χ2n) is 9.15. The van der Waals surface area contributed by atoms with E-state index >= 15 is 0 Å². The molecule has 3 aliphatic rings. The minimum atomic E-state index is -0.746. The molecule has 33 heavy (non-hydrogen) atoms. The Morgan fingerprint density at radius 2 is 2.03 bits per heavy atom. The van der Waals surface area contributed by atoms with Crippen molar-refractivity contribution in [2.75, 3.05) is 13.7 Å². The molecule has 1 saturated heterocycles. The van der Waals surface area contributed by atoms with E-state index in [9.17, 15) is 14.7 Å². The van der Waals surface area contributed by atoms with Gasteiger partial charge in [-0.25, -0.2) is 9.10 Å². The SMILES string of the molecule is COC(=O)C1=C(CN2Cc3ccc(-c4ccccc4C)cc3S2)[C@H](C)C2C(C(C)O)C(=O)N12. The third-order valence-electron chi connectivity index (χ3n) is 7.14. The zero-order valence-electron chi connectivity index (χ0n) is 19.2. The summed E-state index contributed by atoms with van der Waals surface area (Å²) in [5.41, 5.74) is 6.18. The van der Waals surface area contributed by atoms with Gasteiger partial charge >= 0.3 is 5.97 Å². The summed E-state index contributed by atoms with van der Waals surface area (Å²) in [5.74, 6) is -1.18. The summed E-state index contributed by atoms with van der Waals surface area (Å²) in [7, 11) is 1.34. The van der Waals surface area contributed by atoms with Gasteiger partial charge in [-0.05, 0) is 59.7 Å². The third kappa shape index (κ3) is 3.50. The second kappa shape index (κ2) is 8.31. The molecule has 0 spiro atoms. The molecule has 0 bridgehead atoms. The quantitative estimate of drug-likeness (QED) is 0.413. The largest absolute Gasteiger partial charge is 0.464 e. The number of carbonyl (C=O) groups excluding carboxylic acids is 2. The average molecular weight is 465 g/mol. The third-order valence-corrected chi connectivity index (χ3v) is 8.23. The number of amides is 1. The van der Waals surface area contributed by atoms with Gasteiger partial charge in [-0.1, -0.05) is 43.3 Å². The van der Waals surface area contributed by atoms with E-state index in [-0.39, 0.29) is 17.9 Å². The van der Waals surface area contributed by atoms with Crippen molar-refractivity contribution in [2.45, 2.75) is 44.4 Å². The normalized spacial score (nSPS) is 25.1. The fraction of sp³-hybridized carbons (Fsp3) is 0.385. The van der Waals surface area contributed by atoms with Gasteiger partial charge in [0.2, 0.25) is 5.91 Å². The van der Waals surface area contributed by atoms with Crippen molar-refractivity contribution in [3.8, 4) is 11.1 Å². The lowest BCUT2D eigenvalue weighted by molar-refractivity contribution is -0.163. The van der Waals surface area contributed by atoms with Crippen molar-refractivity contribution < 1.29 is 19.4 Å². The van der Waals surface area contributed by atoms with Crippen LogP contribution in [0.25, 0.3) is 11.1 Å². The molecule has 172 valence electrons. The molecule has 5 rings (SSSR count). The van der Waals surface area contributed by atoms with Crippen LogP contribution in [0.1, 0.15) is 25.0 Å². The molecule has 6 nitrogen and oxygen atoms in total. The fourth-order valence-electron chi connectivity index (χ4n) is 5.41. The van der Waals surface area contributed by atoms with Crippen molar-refractivity contribution >= 4 is 23.8 Å². The van der Waals surface area contributed by atoms with E-state index in [1.165, 1.54) is 34.3 Å². The van der Waals surface area contributed by atoms with E-state index < -0.39 is 18.0 Å². The zero-order chi connectivity index (χ0) is 23.4. The summed E-state index contributed by atoms with van der Waals surface area (Å²) in [5, 5.41) is 10.1. The lowest BCUT2D eigenvalue weighted by atomic mass is 9.78. The molecule has 3 aliphatic heterocycles. The molecule has 2 aromatic rings. The highest BCUT2D eigenvalue weighted by atomic mass is 32.2. The van der Waals surface area contributed by atoms with E-state index in [0.717, 1.165) is 12.1 Å². The van der Waals surface area contributed by atoms with Gasteiger partial charge < -0.3 is 14.7 Å². The molecule has 1 N–H and O–H groups in total. The Hall–Kier alpha value is -2.61. The highest BCUT2D eigenvalue weighted by Crippen LogP contribution is 2.49. The van der Waals surface area contributed by atoms with Crippen molar-refractivity contribution in [3.05, 3.63) is 64.9 Å². The molecule has 0 saturated carbocycles. The standard InChI is InChI=1S/C26H28N2O4S/c1-14-7-5-6-8-19(14)17-9-10-18-12-27(33-21(18)11-17)13-20-15(2)23-22(16(3)29)25(30)28(23)24(20)26(31)32-4/h5-11,15-16,22-23,29H,12-13H2,1-4H3/t15-,16?,22?,23?/m0/s1. The van der Waals surface area contributed by atoms with Gasteiger partial charge in [-0.2, -0.15) is 0 Å². The minimum absolute atomic E-state index is 0.0248. The summed E-state index contributed by atoms with van der Waals surface area (Å²) >= 11 is 1.69. The number of rotatable bonds is 5. The Morgan fingerprint density at radius 3 is 2.73 bits per heavy atom. The number of carbonyl (C=O) groups is 2. The van der Waals surface area contributed by atoms with Crippen LogP contribution in [0.3, 0.4) is 0 Å². The lowest BCUT2D eigenvalue weighted by Gasteiger charge is -2.46. The van der Waals surface area contributed by atoms with Crippen LogP contribution in [0, 0.1) is 18.8 Å². The van der Waals surface area contributed by atoms with Gasteiger partial charge in [0.05, 0.1) is 25.2 Å². The lowest BCUT2D eigenvalue weighted by Crippen LogP contribution is -2.63. The summed E-state index contributed by atoms with van der Waals surface area (Å²) in [6.45, 7) is 7.11. The first kappa shape index (κ1) is 22.2. The Kier molecular flexibility index (Phi) is 5.59. The molecule has 3 unspecified atom stereocenters. The molecule has 1 fully saturated rings. The number of hydrogen-bond acceptors (Lipinski definition) is 6. The number of ether oxygens (including phenoxy) is 1. The number of benzene rings is 2. The number of hydrogen-bond donors (Lipinski definition) is 1. The Balaban J connectivity index is 1.40. The molecule has 3 heterocycles. The van der Waals surface area contributed by atoms with Gasteiger partial charge in [0.1, 0.15) is 5.70 Å². The summed E-state index contributed by atoms with van der Waals surface area (Å²) in [6.07, 6.45) is -0.746. The van der Waals surface area contributed by atoms with Gasteiger partial charge in [0, 0.05) is 23.9 Å². The van der Waals surface area contributed by atoms with E-state index in [4.69, 9.17) is 4.74 Å². The highest BCUT2D eigenvalue weighted by molar-refractivity contribution is 7.97. The maximum absolute atomic E-state index is 12.7. The van der Waals surface area contributed by atoms with Crippen LogP contribution in [0.5, 0.6) is 0 Å². The highest BCUT2D eigenvalue weighted by Gasteiger charge is 2.60. The summed E-state index contributed by atoms with van der Waals surface area (Å²) < 4.78 is 7.26. The molecular formula is C26H28N2O4S. The number of methoxy groups -OCH3 is 1. The summed E-state index contributed by atoms with van der Waals surface area (Å²) in [6, 6.07) is 14.8. The van der Waals surface area contributed by atoms with E-state index in [1.807, 2.05) is 13.0 Å². The number of fused-ring (bicyclic) bond motifs is 2. The number of aliphatic hydroxyl groups is 1. The molecule has 2 aromatic carbocycles. The van der Waals surface area contributed by atoms with Crippen LogP contribution in [0.4, 0.5) is 0 Å². The number of aliphatic hydroxyl groups excluding tert-OH is 1. The first-order valence-electron chi connectivity index (χ1n) is 11.3. The molecule has 7 heteroatoms. The van der Waals surface area contributed by atoms with Crippen molar-refractivity contribution in [2.24, 2.45) is 11.8 Å². The van der Waals surface area contributed by atoms with Gasteiger partial charge in [-0.3, -0.25) is 4.79 Å². The second-order valence-corrected chi connectivity index (χ2v) is 10.3. The molecule has 0 aromatic heterocycles. The van der Waals surface area contributed by atoms with Gasteiger partial charge in [-0.15, -0.1) is 0 Å². The fourth-order valence-corrected chi connectivity index (χ4v) is 6.53. The van der Waals surface area contributed by atoms with Crippen LogP contribution in [-0.2, 0) is 20.9 Å². The number of aryl methyl sites for hydroxylation is 1. The summed E-state index contributed by atoms with van der Waals surface area (Å²) in [4.78, 5) is 28.1. The van der Waals surface area contributed by atoms with Crippen LogP contribution >= 0.6 is 11.9 Å². The van der Waals surface area contributed by atoms with E-state index in [1.54, 1.807) is 23.8 Å². The molecular weight excluding hydrogens is 436 g/mol. The molecule has 4 atom stereocenters. The van der Waals surface area contributed by atoms with Crippen molar-refractivity contribution in [1.82, 2.24) is 9.21 Å². The number of esters is 1. The maximum Gasteiger partial charge on any atom is 0.354 e. The van der Waals surface area contributed by atoms with Gasteiger partial charge in [0.15, 0.2) is 0 Å². The Labute approximate surface area is 198 Å². The van der Waals surface area contributed by atoms with E-state index in [0.29, 0.717) is 12.2 Å².